The van der Waals surface area contributed by atoms with E-state index in [-0.39, 0.29) is 11.0 Å². The Hall–Kier alpha value is -2.79. The minimum absolute atomic E-state index is 0. The first-order chi connectivity index (χ1) is 32.1. The van der Waals surface area contributed by atoms with E-state index < -0.39 is 217 Å². The lowest BCUT2D eigenvalue weighted by Crippen LogP contribution is -2.62. The molecule has 3 heterocycles. The van der Waals surface area contributed by atoms with E-state index in [1.807, 2.05) is 0 Å². The Kier molecular flexibility index (Phi) is 30.5. The van der Waals surface area contributed by atoms with Gasteiger partial charge in [-0.1, -0.05) is 0 Å². The maximum atomic E-state index is 11.1. The first-order valence-corrected chi connectivity index (χ1v) is 26.9. The molecule has 0 aliphatic carbocycles. The number of hydrogen-bond acceptors (Lipinski definition) is 38. The number of carboxylic acid groups (broad SMARTS) is 2. The fourth-order valence-corrected chi connectivity index (χ4v) is 8.55. The zero-order valence-corrected chi connectivity index (χ0v) is 40.9. The average molecular weight is 1220 g/mol. The second-order valence-electron chi connectivity index (χ2n) is 13.3. The molecule has 13 atom stereocenters. The topological polar surface area (TPSA) is 724 Å². The molecule has 2 saturated heterocycles. The van der Waals surface area contributed by atoms with E-state index >= 15 is 0 Å². The van der Waals surface area contributed by atoms with Gasteiger partial charge in [0.15, 0.2) is 26.9 Å². The van der Waals surface area contributed by atoms with E-state index in [0.29, 0.717) is 6.08 Å². The fourth-order valence-electron chi connectivity index (χ4n) is 5.36. The summed E-state index contributed by atoms with van der Waals surface area (Å²) in [7, 11) is -31.1. The van der Waals surface area contributed by atoms with Crippen molar-refractivity contribution < 1.29 is 182 Å². The summed E-state index contributed by atoms with van der Waals surface area (Å²) in [6, 6.07) is -3.63. The van der Waals surface area contributed by atoms with E-state index in [2.05, 4.69) is 30.4 Å². The van der Waals surface area contributed by atoms with Crippen LogP contribution in [0.5, 0.6) is 0 Å². The number of ether oxygens (including phenoxy) is 5. The first kappa shape index (κ1) is 72.3. The van der Waals surface area contributed by atoms with Crippen LogP contribution in [0.4, 0.5) is 4.79 Å². The van der Waals surface area contributed by atoms with Crippen molar-refractivity contribution >= 4 is 85.7 Å². The van der Waals surface area contributed by atoms with Crippen molar-refractivity contribution in [1.82, 2.24) is 9.44 Å². The predicted octanol–water partition coefficient (Wildman–Crippen LogP) is -14.6. The van der Waals surface area contributed by atoms with Gasteiger partial charge >= 0.3 is 0 Å². The fraction of sp³-hybridized carbons (Fsp3) is 0.833. The molecule has 10 N–H and O–H groups in total. The minimum Gasteiger partial charge on any atom is -0.750 e. The van der Waals surface area contributed by atoms with Crippen LogP contribution in [0.15, 0.2) is 11.8 Å². The molecule has 0 amide bonds. The van der Waals surface area contributed by atoms with Crippen molar-refractivity contribution in [2.45, 2.75) is 86.2 Å². The van der Waals surface area contributed by atoms with Crippen molar-refractivity contribution in [3.05, 3.63) is 11.8 Å². The molecule has 0 aromatic heterocycles. The van der Waals surface area contributed by atoms with Crippen LogP contribution in [-0.2, 0) is 123 Å². The Morgan fingerprint density at radius 3 is 1.77 bits per heavy atom. The SMILES string of the molecule is O.O.O=C([O-])C1=C[C@@H](O)C(OS(=O)(=O)[O-])CO1.O=C([O-])O[C@H]1C(OS(=O)(=O)[O-])COC[C@@H]1O[C@@H]1OC(COS(=O)(=O)[O-])CC(O)[C@@H]1NS(=O)(=O)[O-].O=S([O-])OC(CC(O)COS(=O)(=O)[O-])[C@@H](CO)NS(=O)(=O)[O-]. The molecule has 7 unspecified atom stereocenters. The van der Waals surface area contributed by atoms with E-state index in [1.54, 1.807) is 0 Å². The summed E-state index contributed by atoms with van der Waals surface area (Å²) in [6.45, 7) is -4.96. The van der Waals surface area contributed by atoms with Gasteiger partial charge in [-0.2, -0.15) is 0 Å². The highest BCUT2D eigenvalue weighted by atomic mass is 32.3. The molecular weight excluding hydrogens is 1180 g/mol. The van der Waals surface area contributed by atoms with Crippen LogP contribution < -0.4 is 19.7 Å². The third-order valence-corrected chi connectivity index (χ3v) is 11.3. The van der Waals surface area contributed by atoms with E-state index in [1.165, 1.54) is 9.44 Å². The van der Waals surface area contributed by atoms with Crippen molar-refractivity contribution in [1.29, 1.82) is 0 Å². The maximum absolute atomic E-state index is 11.1. The Morgan fingerprint density at radius 2 is 1.33 bits per heavy atom. The van der Waals surface area contributed by atoms with Gasteiger partial charge in [-0.05, 0) is 6.08 Å². The molecule has 0 radical (unpaired) electrons. The number of rotatable bonds is 24. The minimum atomic E-state index is -5.41. The number of carbonyl (C=O) groups excluding carboxylic acids is 2. The van der Waals surface area contributed by atoms with Crippen molar-refractivity contribution in [2.75, 3.05) is 39.6 Å². The Bertz CT molecular complexity index is 2490. The molecule has 49 heteroatoms. The highest BCUT2D eigenvalue weighted by Gasteiger charge is 2.45. The van der Waals surface area contributed by atoms with Crippen LogP contribution >= 0.6 is 0 Å². The Balaban J connectivity index is 0. The van der Waals surface area contributed by atoms with Gasteiger partial charge in [0.2, 0.25) is 41.6 Å². The second kappa shape index (κ2) is 30.8. The van der Waals surface area contributed by atoms with Crippen LogP contribution in [0, 0.1) is 0 Å². The van der Waals surface area contributed by atoms with Crippen LogP contribution in [0.3, 0.4) is 0 Å². The predicted molar refractivity (Wildman–Crippen MR) is 203 cm³/mol. The normalized spacial score (nSPS) is 26.6. The summed E-state index contributed by atoms with van der Waals surface area (Å²) in [5, 5.41) is 58.9. The van der Waals surface area contributed by atoms with E-state index in [4.69, 9.17) is 19.3 Å². The number of aliphatic carboxylic acids is 1. The first-order valence-electron chi connectivity index (χ1n) is 17.8. The number of nitrogens with one attached hydrogen (secondary N) is 2. The molecule has 3 aliphatic rings. The number of aliphatic hydroxyl groups is 4. The molecule has 0 saturated carbocycles. The highest BCUT2D eigenvalue weighted by Crippen LogP contribution is 2.28. The summed E-state index contributed by atoms with van der Waals surface area (Å²) in [5.41, 5.74) is 0. The Morgan fingerprint density at radius 1 is 0.795 bits per heavy atom. The van der Waals surface area contributed by atoms with Crippen molar-refractivity contribution in [3.8, 4) is 0 Å². The van der Waals surface area contributed by atoms with Crippen LogP contribution in [0.1, 0.15) is 12.8 Å². The monoisotopic (exact) mass is 1220 g/mol. The van der Waals surface area contributed by atoms with Gasteiger partial charge in [-0.3, -0.25) is 20.9 Å². The molecular formula is C24H39N2O40S7-9. The van der Waals surface area contributed by atoms with Crippen molar-refractivity contribution in [2.24, 2.45) is 0 Å². The van der Waals surface area contributed by atoms with Crippen LogP contribution in [0.25, 0.3) is 0 Å². The molecule has 2 fully saturated rings. The third-order valence-electron chi connectivity index (χ3n) is 7.90. The molecule has 3 aliphatic heterocycles. The largest absolute Gasteiger partial charge is 0.750 e. The lowest BCUT2D eigenvalue weighted by atomic mass is 10.0. The quantitative estimate of drug-likeness (QED) is 0.0226. The summed E-state index contributed by atoms with van der Waals surface area (Å²) in [6.07, 6.45) is -20.2. The molecule has 73 heavy (non-hydrogen) atoms. The number of carboxylic acids is 1. The number of aliphatic hydroxyl groups excluding tert-OH is 4. The van der Waals surface area contributed by atoms with Gasteiger partial charge in [-0.25, -0.2) is 64.2 Å². The maximum Gasteiger partial charge on any atom is 0.252 e. The molecule has 0 aromatic carbocycles. The summed E-state index contributed by atoms with van der Waals surface area (Å²) in [5.74, 6) is -2.29. The zero-order chi connectivity index (χ0) is 55.1. The lowest BCUT2D eigenvalue weighted by molar-refractivity contribution is -0.314. The van der Waals surface area contributed by atoms with E-state index in [9.17, 15) is 122 Å². The zero-order valence-electron chi connectivity index (χ0n) is 35.2. The molecule has 0 aromatic rings. The summed E-state index contributed by atoms with van der Waals surface area (Å²) < 4.78 is 259. The van der Waals surface area contributed by atoms with Crippen molar-refractivity contribution in [3.63, 3.8) is 0 Å². The molecule has 3 rings (SSSR count). The van der Waals surface area contributed by atoms with Gasteiger partial charge < -0.3 is 107 Å². The molecule has 0 bridgehead atoms. The van der Waals surface area contributed by atoms with Crippen LogP contribution in [0.2, 0.25) is 0 Å². The van der Waals surface area contributed by atoms with Gasteiger partial charge in [0.1, 0.15) is 42.8 Å². The Labute approximate surface area is 413 Å². The van der Waals surface area contributed by atoms with E-state index in [0.717, 1.165) is 0 Å². The molecule has 436 valence electrons. The molecule has 0 spiro atoms. The second-order valence-corrected chi connectivity index (χ2v) is 20.3. The summed E-state index contributed by atoms with van der Waals surface area (Å²) >= 11 is -3.21. The number of hydrogen-bond donors (Lipinski definition) is 6. The number of carbonyl (C=O) groups is 2. The van der Waals surface area contributed by atoms with Gasteiger partial charge in [0.05, 0.1) is 87.0 Å². The lowest BCUT2D eigenvalue weighted by Gasteiger charge is -2.45. The average Bonchev–Trinajstić information content (AvgIpc) is 3.16. The standard InChI is InChI=1S/C12H21NO18S3.C6H15NO12S3.C6H8O8S.2H2O/c14-6-1-5(2-27-33(20,21)22)28-11(9(6)13-32(17,18)19)29-7-3-26-4-8(31-34(23,24)25)10(7)30-12(15)16;8-2-5(7-21(12,13)14)6(19-20(10)11)1-4(9)3-18-22(15,16)17;7-3-1-4(6(8)9)13-2-5(3)14-15(10,11)12;;/h5-11,13-14H,1-4H2,(H,15,16)(H,17,18,19)(H,20,21,22)(H,23,24,25);4-9H,1-3H2,(H,10,11)(H,12,13,14)(H,15,16,17);1,3,5,7H,2H2,(H,8,9)(H,10,11,12);2*1H2/p-9/t5?,6?,7-,8?,9-,10+,11-;4?,5-,6?;3-,5?;;/m011../s1. The third kappa shape index (κ3) is 32.4. The van der Waals surface area contributed by atoms with Gasteiger partial charge in [0, 0.05) is 12.8 Å². The molecule has 42 nitrogen and oxygen atoms in total. The smallest absolute Gasteiger partial charge is 0.252 e. The van der Waals surface area contributed by atoms with Crippen LogP contribution in [-0.4, -0.2) is 243 Å². The van der Waals surface area contributed by atoms with Gasteiger partial charge in [-0.15, -0.1) is 0 Å². The highest BCUT2D eigenvalue weighted by molar-refractivity contribution is 7.84. The summed E-state index contributed by atoms with van der Waals surface area (Å²) in [4.78, 5) is 21.2. The van der Waals surface area contributed by atoms with Gasteiger partial charge in [0.25, 0.3) is 6.16 Å².